The molecule has 0 atom stereocenters. The first-order valence-electron chi connectivity index (χ1n) is 8.17. The van der Waals surface area contributed by atoms with Crippen LogP contribution in [0.5, 0.6) is 5.75 Å². The Morgan fingerprint density at radius 1 is 1.11 bits per heavy atom. The number of anilines is 1. The van der Waals surface area contributed by atoms with E-state index in [1.165, 1.54) is 18.2 Å². The zero-order valence-corrected chi connectivity index (χ0v) is 14.4. The summed E-state index contributed by atoms with van der Waals surface area (Å²) in [5.41, 5.74) is 1.56. The van der Waals surface area contributed by atoms with Gasteiger partial charge in [0.2, 0.25) is 5.91 Å². The van der Waals surface area contributed by atoms with Gasteiger partial charge in [0.05, 0.1) is 16.8 Å². The lowest BCUT2D eigenvalue weighted by atomic mass is 10.1. The number of carbonyl (C=O) groups excluding carboxylic acids is 3. The van der Waals surface area contributed by atoms with E-state index >= 15 is 0 Å². The molecule has 3 rings (SSSR count). The largest absolute Gasteiger partial charge is 0.433 e. The number of benzene rings is 2. The normalized spacial score (nSPS) is 13.1. The van der Waals surface area contributed by atoms with Crippen LogP contribution in [0.4, 0.5) is 14.5 Å². The van der Waals surface area contributed by atoms with E-state index in [9.17, 15) is 23.2 Å². The van der Waals surface area contributed by atoms with Crippen molar-refractivity contribution in [3.63, 3.8) is 0 Å². The second-order valence-corrected chi connectivity index (χ2v) is 5.98. The van der Waals surface area contributed by atoms with E-state index in [-0.39, 0.29) is 24.4 Å². The van der Waals surface area contributed by atoms with Gasteiger partial charge >= 0.3 is 6.61 Å². The fourth-order valence-electron chi connectivity index (χ4n) is 2.80. The summed E-state index contributed by atoms with van der Waals surface area (Å²) in [5, 5.41) is 2.45. The number of nitrogens with one attached hydrogen (secondary N) is 1. The second kappa shape index (κ2) is 7.53. The molecule has 27 heavy (non-hydrogen) atoms. The minimum atomic E-state index is -3.02. The summed E-state index contributed by atoms with van der Waals surface area (Å²) < 4.78 is 29.2. The highest BCUT2D eigenvalue weighted by atomic mass is 19.3. The van der Waals surface area contributed by atoms with Crippen molar-refractivity contribution in [2.75, 3.05) is 11.9 Å². The zero-order valence-electron chi connectivity index (χ0n) is 14.4. The number of rotatable bonds is 6. The summed E-state index contributed by atoms with van der Waals surface area (Å²) in [5.74, 6) is -1.61. The molecule has 0 aliphatic carbocycles. The molecule has 140 valence electrons. The van der Waals surface area contributed by atoms with Crippen LogP contribution in [-0.4, -0.2) is 35.8 Å². The number of aryl methyl sites for hydroxylation is 1. The molecular formula is C19H16F2N2O4. The molecule has 2 aromatic carbocycles. The topological polar surface area (TPSA) is 75.7 Å². The number of hydrogen-bond donors (Lipinski definition) is 1. The van der Waals surface area contributed by atoms with Gasteiger partial charge in [-0.1, -0.05) is 23.8 Å². The van der Waals surface area contributed by atoms with Gasteiger partial charge in [-0.2, -0.15) is 8.78 Å². The van der Waals surface area contributed by atoms with Crippen LogP contribution in [0.25, 0.3) is 0 Å². The molecule has 1 N–H and O–H groups in total. The van der Waals surface area contributed by atoms with Crippen LogP contribution in [0.2, 0.25) is 0 Å². The Morgan fingerprint density at radius 2 is 1.81 bits per heavy atom. The van der Waals surface area contributed by atoms with Crippen LogP contribution in [0.15, 0.2) is 42.5 Å². The van der Waals surface area contributed by atoms with Crippen molar-refractivity contribution in [3.8, 4) is 5.75 Å². The van der Waals surface area contributed by atoms with E-state index in [2.05, 4.69) is 10.1 Å². The summed E-state index contributed by atoms with van der Waals surface area (Å²) >= 11 is 0. The molecule has 0 saturated heterocycles. The predicted molar refractivity (Wildman–Crippen MR) is 92.9 cm³/mol. The highest BCUT2D eigenvalue weighted by molar-refractivity contribution is 6.21. The summed E-state index contributed by atoms with van der Waals surface area (Å²) in [6, 6.07) is 10.7. The number of para-hydroxylation sites is 2. The van der Waals surface area contributed by atoms with Gasteiger partial charge in [0.15, 0.2) is 0 Å². The van der Waals surface area contributed by atoms with Crippen LogP contribution in [0.3, 0.4) is 0 Å². The van der Waals surface area contributed by atoms with Crippen LogP contribution in [0, 0.1) is 6.92 Å². The predicted octanol–water partition coefficient (Wildman–Crippen LogP) is 3.22. The third-order valence-corrected chi connectivity index (χ3v) is 4.07. The van der Waals surface area contributed by atoms with E-state index < -0.39 is 24.3 Å². The second-order valence-electron chi connectivity index (χ2n) is 5.98. The van der Waals surface area contributed by atoms with Gasteiger partial charge in [-0.15, -0.1) is 0 Å². The minimum Gasteiger partial charge on any atom is -0.433 e. The summed E-state index contributed by atoms with van der Waals surface area (Å²) in [7, 11) is 0. The number of nitrogens with zero attached hydrogens (tertiary/aromatic N) is 1. The summed E-state index contributed by atoms with van der Waals surface area (Å²) in [6.45, 7) is -1.33. The Kier molecular flexibility index (Phi) is 5.16. The minimum absolute atomic E-state index is 0.0841. The Morgan fingerprint density at radius 3 is 2.56 bits per heavy atom. The number of amides is 3. The molecule has 0 unspecified atom stereocenters. The van der Waals surface area contributed by atoms with E-state index in [1.54, 1.807) is 24.3 Å². The molecule has 0 fully saturated rings. The van der Waals surface area contributed by atoms with E-state index in [0.717, 1.165) is 10.5 Å². The molecule has 1 aliphatic heterocycles. The van der Waals surface area contributed by atoms with E-state index in [1.807, 2.05) is 6.92 Å². The molecule has 0 aromatic heterocycles. The molecule has 0 bridgehead atoms. The molecule has 1 heterocycles. The quantitative estimate of drug-likeness (QED) is 0.788. The SMILES string of the molecule is Cc1ccc2c(c1)C(=O)N(CCC(=O)Nc1ccccc1OC(F)F)C2=O. The van der Waals surface area contributed by atoms with E-state index in [0.29, 0.717) is 11.1 Å². The van der Waals surface area contributed by atoms with Gasteiger partial charge in [-0.05, 0) is 31.2 Å². The van der Waals surface area contributed by atoms with Gasteiger partial charge in [0, 0.05) is 13.0 Å². The van der Waals surface area contributed by atoms with Crippen LogP contribution < -0.4 is 10.1 Å². The third kappa shape index (κ3) is 3.94. The molecule has 0 spiro atoms. The van der Waals surface area contributed by atoms with Gasteiger partial charge < -0.3 is 10.1 Å². The number of carbonyl (C=O) groups is 3. The molecule has 0 saturated carbocycles. The Balaban J connectivity index is 1.64. The first-order chi connectivity index (χ1) is 12.9. The number of fused-ring (bicyclic) bond motifs is 1. The van der Waals surface area contributed by atoms with Crippen LogP contribution >= 0.6 is 0 Å². The standard InChI is InChI=1S/C19H16F2N2O4/c1-11-6-7-12-13(10-11)18(26)23(17(12)25)9-8-16(24)22-14-4-2-3-5-15(14)27-19(20)21/h2-7,10,19H,8-9H2,1H3,(H,22,24). The van der Waals surface area contributed by atoms with E-state index in [4.69, 9.17) is 0 Å². The van der Waals surface area contributed by atoms with Crippen LogP contribution in [-0.2, 0) is 4.79 Å². The first-order valence-corrected chi connectivity index (χ1v) is 8.17. The summed E-state index contributed by atoms with van der Waals surface area (Å²) in [4.78, 5) is 37.9. The molecule has 6 nitrogen and oxygen atoms in total. The number of hydrogen-bond acceptors (Lipinski definition) is 4. The molecule has 1 aliphatic rings. The number of alkyl halides is 2. The number of halogens is 2. The Hall–Kier alpha value is -3.29. The van der Waals surface area contributed by atoms with Gasteiger partial charge in [-0.3, -0.25) is 19.3 Å². The molecule has 2 aromatic rings. The average molecular weight is 374 g/mol. The Labute approximate surface area is 153 Å². The monoisotopic (exact) mass is 374 g/mol. The maximum atomic E-state index is 12.4. The van der Waals surface area contributed by atoms with Gasteiger partial charge in [0.1, 0.15) is 5.75 Å². The number of ether oxygens (including phenoxy) is 1. The van der Waals surface area contributed by atoms with Crippen molar-refractivity contribution in [2.24, 2.45) is 0 Å². The lowest BCUT2D eigenvalue weighted by Crippen LogP contribution is -2.32. The molecule has 3 amide bonds. The maximum Gasteiger partial charge on any atom is 0.387 e. The lowest BCUT2D eigenvalue weighted by Gasteiger charge is -2.15. The highest BCUT2D eigenvalue weighted by Gasteiger charge is 2.35. The highest BCUT2D eigenvalue weighted by Crippen LogP contribution is 2.26. The lowest BCUT2D eigenvalue weighted by molar-refractivity contribution is -0.116. The van der Waals surface area contributed by atoms with Crippen LogP contribution in [0.1, 0.15) is 32.7 Å². The average Bonchev–Trinajstić information content (AvgIpc) is 2.85. The number of imide groups is 1. The van der Waals surface area contributed by atoms with Gasteiger partial charge in [0.25, 0.3) is 11.8 Å². The fourth-order valence-corrected chi connectivity index (χ4v) is 2.80. The van der Waals surface area contributed by atoms with Crippen molar-refractivity contribution in [2.45, 2.75) is 20.0 Å². The van der Waals surface area contributed by atoms with Crippen molar-refractivity contribution in [1.82, 2.24) is 4.90 Å². The maximum absolute atomic E-state index is 12.4. The molecular weight excluding hydrogens is 358 g/mol. The van der Waals surface area contributed by atoms with Crippen molar-refractivity contribution >= 4 is 23.4 Å². The zero-order chi connectivity index (χ0) is 19.6. The smallest absolute Gasteiger partial charge is 0.387 e. The molecule has 8 heteroatoms. The Bertz CT molecular complexity index is 914. The fraction of sp³-hybridized carbons (Fsp3) is 0.211. The molecule has 0 radical (unpaired) electrons. The van der Waals surface area contributed by atoms with Crippen molar-refractivity contribution in [3.05, 3.63) is 59.2 Å². The third-order valence-electron chi connectivity index (χ3n) is 4.07. The van der Waals surface area contributed by atoms with Crippen molar-refractivity contribution in [1.29, 1.82) is 0 Å². The van der Waals surface area contributed by atoms with Crippen molar-refractivity contribution < 1.29 is 27.9 Å². The summed E-state index contributed by atoms with van der Waals surface area (Å²) in [6.07, 6.45) is -0.173. The van der Waals surface area contributed by atoms with Gasteiger partial charge in [-0.25, -0.2) is 0 Å². The first kappa shape index (κ1) is 18.5.